The molecule has 1 fully saturated rings. The van der Waals surface area contributed by atoms with Gasteiger partial charge < -0.3 is 9.42 Å². The quantitative estimate of drug-likeness (QED) is 0.726. The molecular formula is C16H12ClN3O2S. The zero-order valence-corrected chi connectivity index (χ0v) is 13.5. The van der Waals surface area contributed by atoms with Crippen molar-refractivity contribution in [2.75, 3.05) is 13.1 Å². The molecule has 3 heterocycles. The Bertz CT molecular complexity index is 841. The van der Waals surface area contributed by atoms with Gasteiger partial charge in [-0.05, 0) is 23.6 Å². The van der Waals surface area contributed by atoms with Crippen LogP contribution in [0.2, 0.25) is 5.02 Å². The van der Waals surface area contributed by atoms with Gasteiger partial charge in [-0.15, -0.1) is 0 Å². The van der Waals surface area contributed by atoms with Crippen molar-refractivity contribution in [3.63, 3.8) is 0 Å². The largest absolute Gasteiger partial charge is 0.339 e. The molecule has 1 aliphatic heterocycles. The van der Waals surface area contributed by atoms with Crippen LogP contribution >= 0.6 is 22.9 Å². The lowest BCUT2D eigenvalue weighted by atomic mass is 9.98. The van der Waals surface area contributed by atoms with Gasteiger partial charge in [0.1, 0.15) is 0 Å². The molecule has 1 amide bonds. The molecule has 0 radical (unpaired) electrons. The Morgan fingerprint density at radius 3 is 2.87 bits per heavy atom. The molecule has 23 heavy (non-hydrogen) atoms. The van der Waals surface area contributed by atoms with Gasteiger partial charge in [0, 0.05) is 24.0 Å². The molecule has 0 spiro atoms. The summed E-state index contributed by atoms with van der Waals surface area (Å²) >= 11 is 7.66. The Kier molecular flexibility index (Phi) is 3.63. The average Bonchev–Trinajstić information content (AvgIpc) is 3.17. The normalized spacial score (nSPS) is 14.7. The summed E-state index contributed by atoms with van der Waals surface area (Å²) in [5.41, 5.74) is 1.48. The number of aromatic nitrogens is 2. The van der Waals surface area contributed by atoms with Crippen molar-refractivity contribution < 1.29 is 9.32 Å². The smallest absolute Gasteiger partial charge is 0.255 e. The number of rotatable bonds is 3. The van der Waals surface area contributed by atoms with Crippen molar-refractivity contribution in [1.29, 1.82) is 0 Å². The Hall–Kier alpha value is -2.18. The monoisotopic (exact) mass is 345 g/mol. The summed E-state index contributed by atoms with van der Waals surface area (Å²) in [6.07, 6.45) is 0. The molecule has 3 aromatic rings. The maximum Gasteiger partial charge on any atom is 0.255 e. The second-order valence-corrected chi connectivity index (χ2v) is 6.54. The zero-order valence-electron chi connectivity index (χ0n) is 12.0. The van der Waals surface area contributed by atoms with E-state index in [0.29, 0.717) is 35.4 Å². The molecule has 1 aliphatic rings. The van der Waals surface area contributed by atoms with Crippen LogP contribution in [0.4, 0.5) is 0 Å². The number of benzene rings is 1. The van der Waals surface area contributed by atoms with Gasteiger partial charge in [0.2, 0.25) is 11.7 Å². The number of nitrogens with zero attached hydrogens (tertiary/aromatic N) is 3. The van der Waals surface area contributed by atoms with E-state index >= 15 is 0 Å². The fourth-order valence-corrected chi connectivity index (χ4v) is 3.37. The van der Waals surface area contributed by atoms with Gasteiger partial charge in [0.15, 0.2) is 0 Å². The minimum absolute atomic E-state index is 0.0653. The molecule has 0 N–H and O–H groups in total. The third-order valence-corrected chi connectivity index (χ3v) is 4.86. The highest BCUT2D eigenvalue weighted by atomic mass is 35.5. The molecule has 0 unspecified atom stereocenters. The van der Waals surface area contributed by atoms with Crippen LogP contribution in [0.25, 0.3) is 11.4 Å². The van der Waals surface area contributed by atoms with Crippen LogP contribution in [0.3, 0.4) is 0 Å². The lowest BCUT2D eigenvalue weighted by molar-refractivity contribution is 0.0569. The summed E-state index contributed by atoms with van der Waals surface area (Å²) in [5.74, 6) is 1.19. The van der Waals surface area contributed by atoms with Gasteiger partial charge in [-0.1, -0.05) is 28.9 Å². The van der Waals surface area contributed by atoms with E-state index in [1.807, 2.05) is 29.0 Å². The van der Waals surface area contributed by atoms with Crippen LogP contribution in [0.5, 0.6) is 0 Å². The van der Waals surface area contributed by atoms with Crippen LogP contribution in [-0.4, -0.2) is 34.0 Å². The summed E-state index contributed by atoms with van der Waals surface area (Å²) in [6.45, 7) is 1.13. The standard InChI is InChI=1S/C16H12ClN3O2S/c17-13-4-2-1-3-12(13)16(21)20-7-11(8-20)15-18-14(19-22-15)10-5-6-23-9-10/h1-6,9,11H,7-8H2. The molecule has 0 saturated carbocycles. The number of carbonyl (C=O) groups excluding carboxylic acids is 1. The molecule has 7 heteroatoms. The Balaban J connectivity index is 1.44. The predicted molar refractivity (Wildman–Crippen MR) is 87.7 cm³/mol. The average molecular weight is 346 g/mol. The molecule has 5 nitrogen and oxygen atoms in total. The number of amides is 1. The minimum atomic E-state index is -0.0653. The number of hydrogen-bond acceptors (Lipinski definition) is 5. The first-order chi connectivity index (χ1) is 11.2. The van der Waals surface area contributed by atoms with Crippen molar-refractivity contribution in [2.45, 2.75) is 5.92 Å². The highest BCUT2D eigenvalue weighted by Crippen LogP contribution is 2.30. The first-order valence-electron chi connectivity index (χ1n) is 7.12. The zero-order chi connectivity index (χ0) is 15.8. The molecule has 0 atom stereocenters. The van der Waals surface area contributed by atoms with Gasteiger partial charge in [-0.3, -0.25) is 4.79 Å². The second kappa shape index (κ2) is 5.79. The molecule has 0 bridgehead atoms. The Labute approximate surface area is 141 Å². The van der Waals surface area contributed by atoms with E-state index in [1.54, 1.807) is 28.4 Å². The third-order valence-electron chi connectivity index (χ3n) is 3.84. The topological polar surface area (TPSA) is 59.2 Å². The molecule has 116 valence electrons. The Morgan fingerprint density at radius 2 is 2.13 bits per heavy atom. The molecule has 1 aromatic carbocycles. The van der Waals surface area contributed by atoms with E-state index < -0.39 is 0 Å². The molecule has 4 rings (SSSR count). The van der Waals surface area contributed by atoms with Crippen LogP contribution in [0, 0.1) is 0 Å². The van der Waals surface area contributed by atoms with Gasteiger partial charge in [0.25, 0.3) is 5.91 Å². The maximum atomic E-state index is 12.4. The van der Waals surface area contributed by atoms with E-state index in [2.05, 4.69) is 10.1 Å². The summed E-state index contributed by atoms with van der Waals surface area (Å²) in [4.78, 5) is 18.6. The van der Waals surface area contributed by atoms with Crippen molar-refractivity contribution in [1.82, 2.24) is 15.0 Å². The van der Waals surface area contributed by atoms with E-state index in [-0.39, 0.29) is 11.8 Å². The SMILES string of the molecule is O=C(c1ccccc1Cl)N1CC(c2nc(-c3ccsc3)no2)C1. The Morgan fingerprint density at radius 1 is 1.30 bits per heavy atom. The van der Waals surface area contributed by atoms with Gasteiger partial charge in [-0.25, -0.2) is 0 Å². The van der Waals surface area contributed by atoms with Crippen molar-refractivity contribution in [2.24, 2.45) is 0 Å². The highest BCUT2D eigenvalue weighted by Gasteiger charge is 2.36. The van der Waals surface area contributed by atoms with Crippen LogP contribution in [0.1, 0.15) is 22.2 Å². The van der Waals surface area contributed by atoms with E-state index in [0.717, 1.165) is 5.56 Å². The summed E-state index contributed by atoms with van der Waals surface area (Å²) in [7, 11) is 0. The van der Waals surface area contributed by atoms with Crippen molar-refractivity contribution in [3.05, 3.63) is 57.6 Å². The van der Waals surface area contributed by atoms with Crippen LogP contribution in [-0.2, 0) is 0 Å². The number of thiophene rings is 1. The number of halogens is 1. The second-order valence-electron chi connectivity index (χ2n) is 5.36. The fraction of sp³-hybridized carbons (Fsp3) is 0.188. The van der Waals surface area contributed by atoms with Gasteiger partial charge in [-0.2, -0.15) is 16.3 Å². The molecular weight excluding hydrogens is 334 g/mol. The lowest BCUT2D eigenvalue weighted by Crippen LogP contribution is -2.48. The van der Waals surface area contributed by atoms with E-state index in [9.17, 15) is 4.79 Å². The number of likely N-dealkylation sites (tertiary alicyclic amines) is 1. The summed E-state index contributed by atoms with van der Waals surface area (Å²) in [5, 5.41) is 8.42. The van der Waals surface area contributed by atoms with Crippen molar-refractivity contribution in [3.8, 4) is 11.4 Å². The lowest BCUT2D eigenvalue weighted by Gasteiger charge is -2.37. The minimum Gasteiger partial charge on any atom is -0.339 e. The molecule has 0 aliphatic carbocycles. The predicted octanol–water partition coefficient (Wildman–Crippen LogP) is 3.69. The number of hydrogen-bond donors (Lipinski definition) is 0. The van der Waals surface area contributed by atoms with Crippen LogP contribution < -0.4 is 0 Å². The number of carbonyl (C=O) groups is 1. The first-order valence-corrected chi connectivity index (χ1v) is 8.44. The van der Waals surface area contributed by atoms with Crippen LogP contribution in [0.15, 0.2) is 45.6 Å². The van der Waals surface area contributed by atoms with E-state index in [1.165, 1.54) is 0 Å². The van der Waals surface area contributed by atoms with Gasteiger partial charge >= 0.3 is 0 Å². The molecule has 2 aromatic heterocycles. The summed E-state index contributed by atoms with van der Waals surface area (Å²) < 4.78 is 5.33. The fourth-order valence-electron chi connectivity index (χ4n) is 2.52. The maximum absolute atomic E-state index is 12.4. The summed E-state index contributed by atoms with van der Waals surface area (Å²) in [6, 6.07) is 9.02. The molecule has 1 saturated heterocycles. The van der Waals surface area contributed by atoms with Gasteiger partial charge in [0.05, 0.1) is 16.5 Å². The van der Waals surface area contributed by atoms with Crippen molar-refractivity contribution >= 4 is 28.8 Å². The third kappa shape index (κ3) is 2.64. The highest BCUT2D eigenvalue weighted by molar-refractivity contribution is 7.08. The first kappa shape index (κ1) is 14.4. The van der Waals surface area contributed by atoms with E-state index in [4.69, 9.17) is 16.1 Å².